The fraction of sp³-hybridized carbons (Fsp3) is 0.353. The Bertz CT molecular complexity index is 994. The highest BCUT2D eigenvalue weighted by Gasteiger charge is 2.31. The van der Waals surface area contributed by atoms with Crippen LogP contribution in [0.15, 0.2) is 18.2 Å². The van der Waals surface area contributed by atoms with Gasteiger partial charge < -0.3 is 10.1 Å². The lowest BCUT2D eigenvalue weighted by Crippen LogP contribution is -2.16. The molecule has 2 aromatic heterocycles. The van der Waals surface area contributed by atoms with Gasteiger partial charge in [-0.05, 0) is 38.0 Å². The molecule has 0 fully saturated rings. The first-order chi connectivity index (χ1) is 12.6. The Balaban J connectivity index is 1.66. The van der Waals surface area contributed by atoms with Gasteiger partial charge in [0.2, 0.25) is 5.91 Å². The first-order valence-electron chi connectivity index (χ1n) is 8.07. The predicted octanol–water partition coefficient (Wildman–Crippen LogP) is 4.12. The SMILES string of the molecule is Cc1nn(C)c(C)c1CCC(=O)Nc1nc2ccc(OC(F)(F)F)cc2s1. The molecule has 0 unspecified atom stereocenters. The Morgan fingerprint density at radius 3 is 2.70 bits per heavy atom. The number of hydrogen-bond donors (Lipinski definition) is 1. The second kappa shape index (κ2) is 7.18. The summed E-state index contributed by atoms with van der Waals surface area (Å²) in [5, 5.41) is 7.34. The van der Waals surface area contributed by atoms with Crippen LogP contribution in [0, 0.1) is 13.8 Å². The van der Waals surface area contributed by atoms with Gasteiger partial charge in [-0.3, -0.25) is 9.48 Å². The van der Waals surface area contributed by atoms with E-state index in [1.807, 2.05) is 20.9 Å². The summed E-state index contributed by atoms with van der Waals surface area (Å²) in [5.74, 6) is -0.539. The van der Waals surface area contributed by atoms with Crippen LogP contribution < -0.4 is 10.1 Å². The first-order valence-corrected chi connectivity index (χ1v) is 8.89. The van der Waals surface area contributed by atoms with Crippen molar-refractivity contribution < 1.29 is 22.7 Å². The van der Waals surface area contributed by atoms with Gasteiger partial charge in [0, 0.05) is 25.2 Å². The molecule has 3 aromatic rings. The summed E-state index contributed by atoms with van der Waals surface area (Å²) < 4.78 is 43.1. The molecule has 27 heavy (non-hydrogen) atoms. The van der Waals surface area contributed by atoms with Gasteiger partial charge in [0.05, 0.1) is 15.9 Å². The number of alkyl halides is 3. The number of carbonyl (C=O) groups excluding carboxylic acids is 1. The molecule has 1 aromatic carbocycles. The van der Waals surface area contributed by atoms with E-state index in [1.54, 1.807) is 4.68 Å². The van der Waals surface area contributed by atoms with Crippen molar-refractivity contribution in [2.24, 2.45) is 7.05 Å². The Morgan fingerprint density at radius 2 is 2.07 bits per heavy atom. The molecule has 0 aliphatic rings. The molecule has 2 heterocycles. The number of benzene rings is 1. The molecule has 0 saturated heterocycles. The molecule has 0 bridgehead atoms. The second-order valence-corrected chi connectivity index (χ2v) is 7.05. The van der Waals surface area contributed by atoms with Crippen LogP contribution in [-0.4, -0.2) is 27.0 Å². The largest absolute Gasteiger partial charge is 0.573 e. The summed E-state index contributed by atoms with van der Waals surface area (Å²) in [5.41, 5.74) is 3.42. The molecule has 0 spiro atoms. The monoisotopic (exact) mass is 398 g/mol. The van der Waals surface area contributed by atoms with Crippen LogP contribution >= 0.6 is 11.3 Å². The van der Waals surface area contributed by atoms with E-state index in [9.17, 15) is 18.0 Å². The van der Waals surface area contributed by atoms with Gasteiger partial charge >= 0.3 is 6.36 Å². The average molecular weight is 398 g/mol. The zero-order valence-electron chi connectivity index (χ0n) is 14.8. The maximum atomic E-state index is 12.3. The fourth-order valence-corrected chi connectivity index (χ4v) is 3.67. The average Bonchev–Trinajstić information content (AvgIpc) is 3.04. The lowest BCUT2D eigenvalue weighted by Gasteiger charge is -2.07. The van der Waals surface area contributed by atoms with Crippen molar-refractivity contribution in [2.75, 3.05) is 5.32 Å². The van der Waals surface area contributed by atoms with Crippen molar-refractivity contribution in [1.29, 1.82) is 0 Å². The maximum Gasteiger partial charge on any atom is 0.573 e. The number of aryl methyl sites for hydroxylation is 2. The van der Waals surface area contributed by atoms with Crippen LogP contribution in [-0.2, 0) is 18.3 Å². The second-order valence-electron chi connectivity index (χ2n) is 6.02. The molecule has 10 heteroatoms. The fourth-order valence-electron chi connectivity index (χ4n) is 2.76. The van der Waals surface area contributed by atoms with E-state index < -0.39 is 6.36 Å². The summed E-state index contributed by atoms with van der Waals surface area (Å²) >= 11 is 1.09. The standard InChI is InChI=1S/C17H17F3N4O2S/c1-9-12(10(2)24(3)23-9)5-7-15(25)22-16-21-13-6-4-11(8-14(13)27-16)26-17(18,19)20/h4,6,8H,5,7H2,1-3H3,(H,21,22,25). The number of rotatable bonds is 5. The van der Waals surface area contributed by atoms with Gasteiger partial charge in [0.1, 0.15) is 5.75 Å². The van der Waals surface area contributed by atoms with E-state index in [4.69, 9.17) is 0 Å². The first kappa shape index (κ1) is 19.2. The molecule has 3 rings (SSSR count). The molecular weight excluding hydrogens is 381 g/mol. The highest BCUT2D eigenvalue weighted by atomic mass is 32.1. The van der Waals surface area contributed by atoms with Gasteiger partial charge in [-0.25, -0.2) is 4.98 Å². The highest BCUT2D eigenvalue weighted by Crippen LogP contribution is 2.31. The molecule has 0 atom stereocenters. The molecule has 0 saturated carbocycles. The van der Waals surface area contributed by atoms with E-state index in [0.29, 0.717) is 21.8 Å². The minimum absolute atomic E-state index is 0.219. The van der Waals surface area contributed by atoms with Crippen LogP contribution in [0.3, 0.4) is 0 Å². The number of carbonyl (C=O) groups is 1. The molecule has 144 valence electrons. The molecule has 0 radical (unpaired) electrons. The van der Waals surface area contributed by atoms with Crippen LogP contribution in [0.5, 0.6) is 5.75 Å². The number of ether oxygens (including phenoxy) is 1. The summed E-state index contributed by atoms with van der Waals surface area (Å²) in [4.78, 5) is 16.4. The third-order valence-corrected chi connectivity index (χ3v) is 5.03. The molecule has 1 amide bonds. The quantitative estimate of drug-likeness (QED) is 0.702. The van der Waals surface area contributed by atoms with Gasteiger partial charge in [0.25, 0.3) is 0 Å². The van der Waals surface area contributed by atoms with E-state index in [1.165, 1.54) is 18.2 Å². The Hall–Kier alpha value is -2.62. The normalized spacial score (nSPS) is 11.8. The predicted molar refractivity (Wildman–Crippen MR) is 95.9 cm³/mol. The van der Waals surface area contributed by atoms with Crippen LogP contribution in [0.25, 0.3) is 10.2 Å². The summed E-state index contributed by atoms with van der Waals surface area (Å²) in [7, 11) is 1.85. The number of anilines is 1. The number of nitrogens with one attached hydrogen (secondary N) is 1. The number of fused-ring (bicyclic) bond motifs is 1. The molecule has 1 N–H and O–H groups in total. The van der Waals surface area contributed by atoms with E-state index in [2.05, 4.69) is 20.1 Å². The summed E-state index contributed by atoms with van der Waals surface area (Å²) in [6, 6.07) is 3.86. The lowest BCUT2D eigenvalue weighted by atomic mass is 10.1. The summed E-state index contributed by atoms with van der Waals surface area (Å²) in [6.45, 7) is 3.84. The van der Waals surface area contributed by atoms with Crippen LogP contribution in [0.1, 0.15) is 23.4 Å². The Labute approximate surface area is 157 Å². The third-order valence-electron chi connectivity index (χ3n) is 4.10. The number of hydrogen-bond acceptors (Lipinski definition) is 5. The number of amides is 1. The summed E-state index contributed by atoms with van der Waals surface area (Å²) in [6.07, 6.45) is -3.95. The van der Waals surface area contributed by atoms with Crippen molar-refractivity contribution in [1.82, 2.24) is 14.8 Å². The van der Waals surface area contributed by atoms with Crippen LogP contribution in [0.2, 0.25) is 0 Å². The smallest absolute Gasteiger partial charge is 0.406 e. The van der Waals surface area contributed by atoms with Crippen molar-refractivity contribution in [3.8, 4) is 5.75 Å². The number of halogens is 3. The van der Waals surface area contributed by atoms with E-state index in [-0.39, 0.29) is 18.1 Å². The van der Waals surface area contributed by atoms with Gasteiger partial charge in [-0.1, -0.05) is 11.3 Å². The molecular formula is C17H17F3N4O2S. The van der Waals surface area contributed by atoms with Crippen LogP contribution in [0.4, 0.5) is 18.3 Å². The van der Waals surface area contributed by atoms with Crippen molar-refractivity contribution >= 4 is 32.6 Å². The maximum absolute atomic E-state index is 12.3. The zero-order chi connectivity index (χ0) is 19.8. The van der Waals surface area contributed by atoms with Crippen molar-refractivity contribution in [3.05, 3.63) is 35.2 Å². The van der Waals surface area contributed by atoms with Gasteiger partial charge in [-0.2, -0.15) is 5.10 Å². The number of nitrogens with zero attached hydrogens (tertiary/aromatic N) is 3. The Morgan fingerprint density at radius 1 is 1.33 bits per heavy atom. The van der Waals surface area contributed by atoms with E-state index >= 15 is 0 Å². The lowest BCUT2D eigenvalue weighted by molar-refractivity contribution is -0.274. The number of thiazole rings is 1. The zero-order valence-corrected chi connectivity index (χ0v) is 15.7. The highest BCUT2D eigenvalue weighted by molar-refractivity contribution is 7.22. The molecule has 6 nitrogen and oxygen atoms in total. The minimum atomic E-state index is -4.75. The minimum Gasteiger partial charge on any atom is -0.406 e. The topological polar surface area (TPSA) is 69.0 Å². The van der Waals surface area contributed by atoms with Gasteiger partial charge in [0.15, 0.2) is 5.13 Å². The van der Waals surface area contributed by atoms with E-state index in [0.717, 1.165) is 28.3 Å². The Kier molecular flexibility index (Phi) is 5.09. The van der Waals surface area contributed by atoms with Gasteiger partial charge in [-0.15, -0.1) is 13.2 Å². The third kappa shape index (κ3) is 4.57. The van der Waals surface area contributed by atoms with Crippen molar-refractivity contribution in [2.45, 2.75) is 33.1 Å². The number of aromatic nitrogens is 3. The van der Waals surface area contributed by atoms with Crippen molar-refractivity contribution in [3.63, 3.8) is 0 Å². The molecule has 0 aliphatic heterocycles. The molecule has 0 aliphatic carbocycles.